The van der Waals surface area contributed by atoms with Crippen LogP contribution in [0.25, 0.3) is 5.82 Å². The number of nitro benzene ring substituents is 1. The Balaban J connectivity index is 1.67. The molecule has 0 saturated carbocycles. The highest BCUT2D eigenvalue weighted by Crippen LogP contribution is 2.24. The molecule has 0 atom stereocenters. The first kappa shape index (κ1) is 18.3. The number of rotatable bonds is 6. The molecule has 0 aliphatic rings. The maximum atomic E-state index is 12.2. The predicted octanol–water partition coefficient (Wildman–Crippen LogP) is 1.42. The molecule has 3 aromatic rings. The Hall–Kier alpha value is -3.53. The van der Waals surface area contributed by atoms with Gasteiger partial charge in [0.1, 0.15) is 5.02 Å². The molecule has 11 heteroatoms. The van der Waals surface area contributed by atoms with Crippen molar-refractivity contribution in [3.05, 3.63) is 79.8 Å². The van der Waals surface area contributed by atoms with Crippen molar-refractivity contribution in [3.63, 3.8) is 0 Å². The van der Waals surface area contributed by atoms with Gasteiger partial charge in [0.2, 0.25) is 0 Å². The van der Waals surface area contributed by atoms with E-state index in [2.05, 4.69) is 15.5 Å². The zero-order valence-corrected chi connectivity index (χ0v) is 14.5. The number of hydrogen-bond acceptors (Lipinski definition) is 6. The van der Waals surface area contributed by atoms with Crippen LogP contribution in [-0.4, -0.2) is 36.9 Å². The maximum absolute atomic E-state index is 12.2. The SMILES string of the molecule is O=C(NCCn1nc(-n2cccn2)ccc1=O)c1ccc(Cl)c([N+](=O)[O-])c1. The highest BCUT2D eigenvalue weighted by Gasteiger charge is 2.16. The number of nitro groups is 1. The largest absolute Gasteiger partial charge is 0.350 e. The van der Waals surface area contributed by atoms with Crippen molar-refractivity contribution in [1.29, 1.82) is 0 Å². The standard InChI is InChI=1S/C16H13ClN6O4/c17-12-3-2-11(10-13(12)23(26)27)16(25)18-7-9-22-15(24)5-4-14(20-22)21-8-1-6-19-21/h1-6,8,10H,7,9H2,(H,18,25). The van der Waals surface area contributed by atoms with Crippen molar-refractivity contribution in [1.82, 2.24) is 24.9 Å². The summed E-state index contributed by atoms with van der Waals surface area (Å²) in [5.41, 5.74) is -0.590. The van der Waals surface area contributed by atoms with Crippen LogP contribution in [-0.2, 0) is 6.54 Å². The van der Waals surface area contributed by atoms with Gasteiger partial charge in [0.05, 0.1) is 11.5 Å². The first-order chi connectivity index (χ1) is 13.0. The Bertz CT molecular complexity index is 1050. The summed E-state index contributed by atoms with van der Waals surface area (Å²) in [5, 5.41) is 21.7. The average Bonchev–Trinajstić information content (AvgIpc) is 3.18. The Morgan fingerprint density at radius 2 is 2.11 bits per heavy atom. The van der Waals surface area contributed by atoms with Crippen LogP contribution in [0, 0.1) is 10.1 Å². The maximum Gasteiger partial charge on any atom is 0.288 e. The summed E-state index contributed by atoms with van der Waals surface area (Å²) in [6, 6.07) is 8.39. The first-order valence-electron chi connectivity index (χ1n) is 7.76. The smallest absolute Gasteiger partial charge is 0.288 e. The second-order valence-electron chi connectivity index (χ2n) is 5.38. The molecule has 0 saturated heterocycles. The first-order valence-corrected chi connectivity index (χ1v) is 8.14. The van der Waals surface area contributed by atoms with Gasteiger partial charge in [-0.05, 0) is 24.3 Å². The number of hydrogen-bond donors (Lipinski definition) is 1. The number of halogens is 1. The van der Waals surface area contributed by atoms with E-state index in [1.54, 1.807) is 18.5 Å². The van der Waals surface area contributed by atoms with Gasteiger partial charge in [-0.1, -0.05) is 11.6 Å². The van der Waals surface area contributed by atoms with Gasteiger partial charge in [-0.3, -0.25) is 19.7 Å². The van der Waals surface area contributed by atoms with Crippen molar-refractivity contribution >= 4 is 23.2 Å². The molecular weight excluding hydrogens is 376 g/mol. The van der Waals surface area contributed by atoms with Crippen LogP contribution >= 0.6 is 11.6 Å². The topological polar surface area (TPSA) is 125 Å². The molecule has 27 heavy (non-hydrogen) atoms. The number of carbonyl (C=O) groups is 1. The van der Waals surface area contributed by atoms with Gasteiger partial charge in [0.15, 0.2) is 5.82 Å². The molecule has 0 bridgehead atoms. The van der Waals surface area contributed by atoms with E-state index in [0.29, 0.717) is 5.82 Å². The predicted molar refractivity (Wildman–Crippen MR) is 96.1 cm³/mol. The van der Waals surface area contributed by atoms with Gasteiger partial charge >= 0.3 is 0 Å². The van der Waals surface area contributed by atoms with Crippen LogP contribution in [0.4, 0.5) is 5.69 Å². The normalized spacial score (nSPS) is 10.6. The number of benzene rings is 1. The Morgan fingerprint density at radius 1 is 1.30 bits per heavy atom. The zero-order chi connectivity index (χ0) is 19.4. The molecule has 2 heterocycles. The molecule has 138 valence electrons. The van der Waals surface area contributed by atoms with Crippen LogP contribution in [0.15, 0.2) is 53.6 Å². The lowest BCUT2D eigenvalue weighted by Crippen LogP contribution is -2.32. The second-order valence-corrected chi connectivity index (χ2v) is 5.79. The van der Waals surface area contributed by atoms with Gasteiger partial charge in [-0.15, -0.1) is 5.10 Å². The third-order valence-electron chi connectivity index (χ3n) is 3.61. The summed E-state index contributed by atoms with van der Waals surface area (Å²) in [7, 11) is 0. The summed E-state index contributed by atoms with van der Waals surface area (Å²) < 4.78 is 2.70. The van der Waals surface area contributed by atoms with E-state index in [0.717, 1.165) is 6.07 Å². The van der Waals surface area contributed by atoms with Crippen molar-refractivity contribution in [2.45, 2.75) is 6.54 Å². The van der Waals surface area contributed by atoms with E-state index in [1.165, 1.54) is 33.6 Å². The fourth-order valence-corrected chi connectivity index (χ4v) is 2.48. The van der Waals surface area contributed by atoms with Crippen molar-refractivity contribution in [3.8, 4) is 5.82 Å². The van der Waals surface area contributed by atoms with Crippen LogP contribution < -0.4 is 10.9 Å². The highest BCUT2D eigenvalue weighted by atomic mass is 35.5. The van der Waals surface area contributed by atoms with E-state index in [1.807, 2.05) is 0 Å². The van der Waals surface area contributed by atoms with Gasteiger partial charge in [0.25, 0.3) is 17.2 Å². The molecule has 0 spiro atoms. The summed E-state index contributed by atoms with van der Waals surface area (Å²) in [6.07, 6.45) is 3.27. The lowest BCUT2D eigenvalue weighted by Gasteiger charge is -2.08. The minimum atomic E-state index is -0.663. The molecule has 0 aliphatic carbocycles. The third-order valence-corrected chi connectivity index (χ3v) is 3.93. The minimum absolute atomic E-state index is 0.0530. The molecule has 1 N–H and O–H groups in total. The zero-order valence-electron chi connectivity index (χ0n) is 13.8. The Labute approximate surface area is 157 Å². The lowest BCUT2D eigenvalue weighted by molar-refractivity contribution is -0.384. The van der Waals surface area contributed by atoms with Crippen molar-refractivity contribution in [2.75, 3.05) is 6.54 Å². The Morgan fingerprint density at radius 3 is 2.81 bits per heavy atom. The van der Waals surface area contributed by atoms with Crippen LogP contribution in [0.2, 0.25) is 5.02 Å². The lowest BCUT2D eigenvalue weighted by atomic mass is 10.2. The molecule has 0 unspecified atom stereocenters. The van der Waals surface area contributed by atoms with E-state index < -0.39 is 10.8 Å². The molecule has 10 nitrogen and oxygen atoms in total. The molecule has 2 aromatic heterocycles. The van der Waals surface area contributed by atoms with Gasteiger partial charge in [-0.2, -0.15) is 5.10 Å². The summed E-state index contributed by atoms with van der Waals surface area (Å²) in [5.74, 6) is -0.0645. The summed E-state index contributed by atoms with van der Waals surface area (Å²) in [6.45, 7) is 0.222. The molecule has 3 rings (SSSR count). The van der Waals surface area contributed by atoms with Gasteiger partial charge in [-0.25, -0.2) is 9.36 Å². The fraction of sp³-hybridized carbons (Fsp3) is 0.125. The third kappa shape index (κ3) is 4.18. The number of nitrogens with zero attached hydrogens (tertiary/aromatic N) is 5. The van der Waals surface area contributed by atoms with Gasteiger partial charge in [0, 0.05) is 36.6 Å². The summed E-state index contributed by atoms with van der Waals surface area (Å²) >= 11 is 5.73. The monoisotopic (exact) mass is 388 g/mol. The molecule has 1 amide bonds. The molecule has 0 fully saturated rings. The van der Waals surface area contributed by atoms with E-state index in [-0.39, 0.29) is 34.9 Å². The van der Waals surface area contributed by atoms with Crippen molar-refractivity contribution in [2.24, 2.45) is 0 Å². The second kappa shape index (κ2) is 7.79. The van der Waals surface area contributed by atoms with Gasteiger partial charge < -0.3 is 5.32 Å². The van der Waals surface area contributed by atoms with E-state index >= 15 is 0 Å². The summed E-state index contributed by atoms with van der Waals surface area (Å²) in [4.78, 5) is 34.3. The van der Waals surface area contributed by atoms with E-state index in [9.17, 15) is 19.7 Å². The quantitative estimate of drug-likeness (QED) is 0.503. The molecular formula is C16H13ClN6O4. The Kier molecular flexibility index (Phi) is 5.27. The number of aromatic nitrogens is 4. The number of nitrogens with one attached hydrogen (secondary N) is 1. The van der Waals surface area contributed by atoms with Crippen LogP contribution in [0.1, 0.15) is 10.4 Å². The number of amides is 1. The molecule has 1 aromatic carbocycles. The fourth-order valence-electron chi connectivity index (χ4n) is 2.30. The van der Waals surface area contributed by atoms with Crippen LogP contribution in [0.3, 0.4) is 0 Å². The molecule has 0 aliphatic heterocycles. The van der Waals surface area contributed by atoms with Crippen LogP contribution in [0.5, 0.6) is 0 Å². The van der Waals surface area contributed by atoms with E-state index in [4.69, 9.17) is 11.6 Å². The highest BCUT2D eigenvalue weighted by molar-refractivity contribution is 6.32. The minimum Gasteiger partial charge on any atom is -0.350 e. The number of carbonyl (C=O) groups excluding carboxylic acids is 1. The van der Waals surface area contributed by atoms with Crippen molar-refractivity contribution < 1.29 is 9.72 Å². The molecule has 0 radical (unpaired) electrons. The average molecular weight is 389 g/mol.